The summed E-state index contributed by atoms with van der Waals surface area (Å²) in [5, 5.41) is 12.7. The van der Waals surface area contributed by atoms with Gasteiger partial charge in [-0.15, -0.1) is 0 Å². The summed E-state index contributed by atoms with van der Waals surface area (Å²) in [5.74, 6) is -0.490. The monoisotopic (exact) mass is 221 g/mol. The molecule has 16 heavy (non-hydrogen) atoms. The Labute approximate surface area is 93.5 Å². The minimum Gasteiger partial charge on any atom is -0.383 e. The molecule has 0 unspecified atom stereocenters. The van der Waals surface area contributed by atoms with E-state index in [9.17, 15) is 4.79 Å². The fourth-order valence-electron chi connectivity index (χ4n) is 1.16. The number of carbonyl (C=O) groups excluding carboxylic acids is 1. The molecule has 0 aliphatic heterocycles. The van der Waals surface area contributed by atoms with Crippen LogP contribution in [-0.2, 0) is 0 Å². The van der Waals surface area contributed by atoms with Crippen molar-refractivity contribution in [2.75, 3.05) is 18.4 Å². The molecule has 1 amide bonds. The second-order valence-electron chi connectivity index (χ2n) is 3.21. The van der Waals surface area contributed by atoms with Crippen LogP contribution in [0, 0.1) is 5.41 Å². The van der Waals surface area contributed by atoms with Crippen molar-refractivity contribution in [1.82, 2.24) is 5.32 Å². The Morgan fingerprint density at radius 1 is 1.19 bits per heavy atom. The molecule has 0 atom stereocenters. The Bertz CT molecular complexity index is 373. The number of guanidine groups is 1. The fraction of sp³-hybridized carbons (Fsp3) is 0.200. The highest BCUT2D eigenvalue weighted by Gasteiger charge is 1.98. The summed E-state index contributed by atoms with van der Waals surface area (Å²) >= 11 is 0. The molecule has 1 aromatic carbocycles. The zero-order valence-corrected chi connectivity index (χ0v) is 8.79. The lowest BCUT2D eigenvalue weighted by atomic mass is 10.2. The third-order valence-electron chi connectivity index (χ3n) is 1.94. The van der Waals surface area contributed by atoms with E-state index in [-0.39, 0.29) is 5.96 Å². The summed E-state index contributed by atoms with van der Waals surface area (Å²) in [4.78, 5) is 10.8. The Hall–Kier alpha value is -2.24. The molecule has 0 spiro atoms. The average molecular weight is 221 g/mol. The maximum atomic E-state index is 10.8. The van der Waals surface area contributed by atoms with E-state index in [2.05, 4.69) is 10.6 Å². The molecule has 0 saturated heterocycles. The molecule has 0 aromatic heterocycles. The summed E-state index contributed by atoms with van der Waals surface area (Å²) < 4.78 is 0. The van der Waals surface area contributed by atoms with Crippen molar-refractivity contribution < 1.29 is 4.79 Å². The standard InChI is InChI=1S/C10H15N5O/c11-9(16)7-1-3-8(4-2-7)14-5-6-15-10(12)13/h1-4,14H,5-6H2,(H2,11,16)(H4,12,13,15). The molecule has 86 valence electrons. The first-order chi connectivity index (χ1) is 7.59. The van der Waals surface area contributed by atoms with Gasteiger partial charge in [0.15, 0.2) is 5.96 Å². The Kier molecular flexibility index (Phi) is 4.14. The number of hydrogen-bond donors (Lipinski definition) is 5. The second-order valence-corrected chi connectivity index (χ2v) is 3.21. The van der Waals surface area contributed by atoms with Crippen molar-refractivity contribution in [3.63, 3.8) is 0 Å². The third-order valence-corrected chi connectivity index (χ3v) is 1.94. The summed E-state index contributed by atoms with van der Waals surface area (Å²) in [6, 6.07) is 6.86. The molecule has 1 rings (SSSR count). The summed E-state index contributed by atoms with van der Waals surface area (Å²) in [7, 11) is 0. The van der Waals surface area contributed by atoms with E-state index in [1.165, 1.54) is 0 Å². The molecule has 0 radical (unpaired) electrons. The highest BCUT2D eigenvalue weighted by molar-refractivity contribution is 5.93. The van der Waals surface area contributed by atoms with Gasteiger partial charge in [-0.25, -0.2) is 0 Å². The van der Waals surface area contributed by atoms with Crippen LogP contribution in [0.1, 0.15) is 10.4 Å². The maximum absolute atomic E-state index is 10.8. The first-order valence-corrected chi connectivity index (χ1v) is 4.81. The van der Waals surface area contributed by atoms with Crippen LogP contribution < -0.4 is 22.1 Å². The predicted molar refractivity (Wildman–Crippen MR) is 63.4 cm³/mol. The van der Waals surface area contributed by atoms with Gasteiger partial charge in [0.1, 0.15) is 0 Å². The van der Waals surface area contributed by atoms with Gasteiger partial charge in [0.2, 0.25) is 5.91 Å². The van der Waals surface area contributed by atoms with Gasteiger partial charge < -0.3 is 22.1 Å². The van der Waals surface area contributed by atoms with Crippen molar-refractivity contribution >= 4 is 17.6 Å². The lowest BCUT2D eigenvalue weighted by Gasteiger charge is -2.07. The Morgan fingerprint density at radius 2 is 1.81 bits per heavy atom. The van der Waals surface area contributed by atoms with E-state index < -0.39 is 5.91 Å². The number of rotatable bonds is 5. The summed E-state index contributed by atoms with van der Waals surface area (Å²) in [5.41, 5.74) is 11.6. The predicted octanol–water partition coefficient (Wildman–Crippen LogP) is -0.320. The van der Waals surface area contributed by atoms with Gasteiger partial charge in [-0.1, -0.05) is 0 Å². The summed E-state index contributed by atoms with van der Waals surface area (Å²) in [6.07, 6.45) is 0. The Morgan fingerprint density at radius 3 is 2.31 bits per heavy atom. The second kappa shape index (κ2) is 5.59. The van der Waals surface area contributed by atoms with E-state index in [1.807, 2.05) is 0 Å². The quantitative estimate of drug-likeness (QED) is 0.266. The van der Waals surface area contributed by atoms with E-state index in [4.69, 9.17) is 16.9 Å². The smallest absolute Gasteiger partial charge is 0.248 e. The van der Waals surface area contributed by atoms with Gasteiger partial charge in [-0.3, -0.25) is 10.2 Å². The average Bonchev–Trinajstić information content (AvgIpc) is 2.25. The van der Waals surface area contributed by atoms with Crippen LogP contribution in [0.25, 0.3) is 0 Å². The molecule has 0 aliphatic carbocycles. The van der Waals surface area contributed by atoms with Crippen LogP contribution in [0.2, 0.25) is 0 Å². The molecule has 1 aromatic rings. The van der Waals surface area contributed by atoms with Crippen LogP contribution in [0.3, 0.4) is 0 Å². The van der Waals surface area contributed by atoms with Gasteiger partial charge >= 0.3 is 0 Å². The first kappa shape index (κ1) is 11.8. The third kappa shape index (κ3) is 3.87. The van der Waals surface area contributed by atoms with Gasteiger partial charge in [0, 0.05) is 24.3 Å². The van der Waals surface area contributed by atoms with Gasteiger partial charge in [0.05, 0.1) is 0 Å². The number of carbonyl (C=O) groups is 1. The van der Waals surface area contributed by atoms with Gasteiger partial charge in [0.25, 0.3) is 0 Å². The number of anilines is 1. The fourth-order valence-corrected chi connectivity index (χ4v) is 1.16. The number of nitrogens with one attached hydrogen (secondary N) is 3. The lowest BCUT2D eigenvalue weighted by molar-refractivity contribution is 0.100. The highest BCUT2D eigenvalue weighted by Crippen LogP contribution is 2.08. The highest BCUT2D eigenvalue weighted by atomic mass is 16.1. The largest absolute Gasteiger partial charge is 0.383 e. The zero-order chi connectivity index (χ0) is 12.0. The van der Waals surface area contributed by atoms with E-state index in [1.54, 1.807) is 24.3 Å². The number of benzene rings is 1. The first-order valence-electron chi connectivity index (χ1n) is 4.81. The molecule has 0 aliphatic rings. The van der Waals surface area contributed by atoms with E-state index in [0.717, 1.165) is 5.69 Å². The summed E-state index contributed by atoms with van der Waals surface area (Å²) in [6.45, 7) is 1.20. The molecule has 0 fully saturated rings. The number of primary amides is 1. The van der Waals surface area contributed by atoms with E-state index >= 15 is 0 Å². The molecular weight excluding hydrogens is 206 g/mol. The molecule has 0 heterocycles. The molecule has 6 heteroatoms. The minimum absolute atomic E-state index is 0.0501. The van der Waals surface area contributed by atoms with Crippen molar-refractivity contribution in [3.05, 3.63) is 29.8 Å². The number of amides is 1. The lowest BCUT2D eigenvalue weighted by Crippen LogP contribution is -2.33. The molecule has 0 bridgehead atoms. The van der Waals surface area contributed by atoms with Gasteiger partial charge in [-0.05, 0) is 24.3 Å². The van der Waals surface area contributed by atoms with Crippen LogP contribution in [-0.4, -0.2) is 25.0 Å². The Balaban J connectivity index is 2.38. The SMILES string of the molecule is N=C(N)NCCNc1ccc(C(N)=O)cc1. The van der Waals surface area contributed by atoms with Crippen LogP contribution in [0.15, 0.2) is 24.3 Å². The number of nitrogens with two attached hydrogens (primary N) is 2. The van der Waals surface area contributed by atoms with E-state index in [0.29, 0.717) is 18.7 Å². The van der Waals surface area contributed by atoms with Crippen molar-refractivity contribution in [1.29, 1.82) is 5.41 Å². The molecular formula is C10H15N5O. The topological polar surface area (TPSA) is 117 Å². The van der Waals surface area contributed by atoms with Crippen LogP contribution in [0.5, 0.6) is 0 Å². The molecule has 6 nitrogen and oxygen atoms in total. The number of hydrogen-bond acceptors (Lipinski definition) is 3. The van der Waals surface area contributed by atoms with Crippen molar-refractivity contribution in [2.24, 2.45) is 11.5 Å². The van der Waals surface area contributed by atoms with Crippen molar-refractivity contribution in [2.45, 2.75) is 0 Å². The van der Waals surface area contributed by atoms with Crippen LogP contribution in [0.4, 0.5) is 5.69 Å². The van der Waals surface area contributed by atoms with Crippen LogP contribution >= 0.6 is 0 Å². The molecule has 0 saturated carbocycles. The minimum atomic E-state index is -0.440. The zero-order valence-electron chi connectivity index (χ0n) is 8.79. The van der Waals surface area contributed by atoms with Gasteiger partial charge in [-0.2, -0.15) is 0 Å². The van der Waals surface area contributed by atoms with Crippen molar-refractivity contribution in [3.8, 4) is 0 Å². The normalized spacial score (nSPS) is 9.50. The maximum Gasteiger partial charge on any atom is 0.248 e. The molecule has 7 N–H and O–H groups in total.